The van der Waals surface area contributed by atoms with Gasteiger partial charge < -0.3 is 0 Å². The minimum atomic E-state index is 0.480. The Bertz CT molecular complexity index is 143. The first-order valence-corrected chi connectivity index (χ1v) is 6.88. The van der Waals surface area contributed by atoms with Crippen LogP contribution >= 0.6 is 11.6 Å². The Morgan fingerprint density at radius 3 is 2.29 bits per heavy atom. The van der Waals surface area contributed by atoms with Crippen LogP contribution in [0.25, 0.3) is 0 Å². The summed E-state index contributed by atoms with van der Waals surface area (Å²) in [5.41, 5.74) is 0.480. The molecule has 1 atom stereocenters. The average molecular weight is 217 g/mol. The molecule has 1 rings (SSSR count). The minimum absolute atomic E-state index is 0.480. The van der Waals surface area contributed by atoms with Crippen LogP contribution in [0.3, 0.4) is 0 Å². The van der Waals surface area contributed by atoms with Crippen molar-refractivity contribution in [2.24, 2.45) is 11.3 Å². The molecule has 1 aliphatic carbocycles. The van der Waals surface area contributed by atoms with Gasteiger partial charge in [-0.3, -0.25) is 0 Å². The van der Waals surface area contributed by atoms with Gasteiger partial charge in [0, 0.05) is 5.88 Å². The first-order valence-electron chi connectivity index (χ1n) is 6.35. The maximum atomic E-state index is 6.24. The number of hydrogen-bond donors (Lipinski definition) is 0. The van der Waals surface area contributed by atoms with Crippen molar-refractivity contribution in [2.45, 2.75) is 65.2 Å². The lowest BCUT2D eigenvalue weighted by Gasteiger charge is -2.37. The van der Waals surface area contributed by atoms with Crippen molar-refractivity contribution in [3.63, 3.8) is 0 Å². The lowest BCUT2D eigenvalue weighted by atomic mass is 9.70. The number of halogens is 1. The van der Waals surface area contributed by atoms with E-state index in [2.05, 4.69) is 13.8 Å². The third-order valence-corrected chi connectivity index (χ3v) is 4.75. The lowest BCUT2D eigenvalue weighted by molar-refractivity contribution is 0.164. The molecule has 0 amide bonds. The standard InChI is InChI=1S/C13H25Cl/c1-3-5-10-13(4-2,11-14)12-8-6-7-9-12/h12H,3-11H2,1-2H3. The molecule has 0 nitrogen and oxygen atoms in total. The van der Waals surface area contributed by atoms with Gasteiger partial charge in [-0.05, 0) is 37.0 Å². The fourth-order valence-corrected chi connectivity index (χ4v) is 3.55. The van der Waals surface area contributed by atoms with Gasteiger partial charge in [-0.1, -0.05) is 39.5 Å². The summed E-state index contributed by atoms with van der Waals surface area (Å²) in [4.78, 5) is 0. The molecule has 1 aliphatic rings. The molecular formula is C13H25Cl. The first kappa shape index (κ1) is 12.4. The molecule has 0 bridgehead atoms. The second-order valence-corrected chi connectivity index (χ2v) is 5.20. The first-order chi connectivity index (χ1) is 6.79. The van der Waals surface area contributed by atoms with Gasteiger partial charge in [-0.2, -0.15) is 0 Å². The molecular weight excluding hydrogens is 192 g/mol. The third-order valence-electron chi connectivity index (χ3n) is 4.22. The van der Waals surface area contributed by atoms with Gasteiger partial charge in [0.1, 0.15) is 0 Å². The summed E-state index contributed by atoms with van der Waals surface area (Å²) < 4.78 is 0. The highest BCUT2D eigenvalue weighted by Gasteiger charge is 2.37. The van der Waals surface area contributed by atoms with E-state index in [-0.39, 0.29) is 0 Å². The molecule has 0 heterocycles. The molecule has 0 N–H and O–H groups in total. The smallest absolute Gasteiger partial charge is 0.0282 e. The van der Waals surface area contributed by atoms with Crippen LogP contribution in [-0.4, -0.2) is 5.88 Å². The minimum Gasteiger partial charge on any atom is -0.126 e. The summed E-state index contributed by atoms with van der Waals surface area (Å²) in [7, 11) is 0. The molecule has 0 radical (unpaired) electrons. The summed E-state index contributed by atoms with van der Waals surface area (Å²) in [6.07, 6.45) is 11.1. The molecule has 0 aliphatic heterocycles. The van der Waals surface area contributed by atoms with Crippen LogP contribution < -0.4 is 0 Å². The zero-order valence-corrected chi connectivity index (χ0v) is 10.6. The molecule has 0 saturated heterocycles. The van der Waals surface area contributed by atoms with Crippen LogP contribution in [0.2, 0.25) is 0 Å². The topological polar surface area (TPSA) is 0 Å². The van der Waals surface area contributed by atoms with Crippen LogP contribution in [0.15, 0.2) is 0 Å². The highest BCUT2D eigenvalue weighted by molar-refractivity contribution is 6.18. The van der Waals surface area contributed by atoms with E-state index in [1.165, 1.54) is 51.4 Å². The van der Waals surface area contributed by atoms with Crippen molar-refractivity contribution >= 4 is 11.6 Å². The van der Waals surface area contributed by atoms with Gasteiger partial charge in [0.05, 0.1) is 0 Å². The Morgan fingerprint density at radius 2 is 1.86 bits per heavy atom. The number of hydrogen-bond acceptors (Lipinski definition) is 0. The van der Waals surface area contributed by atoms with Crippen molar-refractivity contribution in [1.29, 1.82) is 0 Å². The molecule has 1 saturated carbocycles. The van der Waals surface area contributed by atoms with Crippen LogP contribution in [0.1, 0.15) is 65.2 Å². The van der Waals surface area contributed by atoms with Crippen molar-refractivity contribution in [2.75, 3.05) is 5.88 Å². The maximum Gasteiger partial charge on any atom is 0.0282 e. The van der Waals surface area contributed by atoms with Crippen LogP contribution in [0.4, 0.5) is 0 Å². The van der Waals surface area contributed by atoms with Crippen molar-refractivity contribution in [1.82, 2.24) is 0 Å². The van der Waals surface area contributed by atoms with E-state index in [4.69, 9.17) is 11.6 Å². The quantitative estimate of drug-likeness (QED) is 0.548. The van der Waals surface area contributed by atoms with Crippen LogP contribution in [0, 0.1) is 11.3 Å². The second-order valence-electron chi connectivity index (χ2n) is 4.93. The number of unbranched alkanes of at least 4 members (excludes halogenated alkanes) is 1. The zero-order chi connectivity index (χ0) is 10.4. The molecule has 1 heteroatoms. The van der Waals surface area contributed by atoms with Crippen molar-refractivity contribution in [3.05, 3.63) is 0 Å². The van der Waals surface area contributed by atoms with Crippen LogP contribution in [0.5, 0.6) is 0 Å². The molecule has 0 aromatic rings. The van der Waals surface area contributed by atoms with Gasteiger partial charge in [-0.25, -0.2) is 0 Å². The van der Waals surface area contributed by atoms with E-state index in [0.717, 1.165) is 11.8 Å². The van der Waals surface area contributed by atoms with E-state index in [0.29, 0.717) is 5.41 Å². The molecule has 0 spiro atoms. The van der Waals surface area contributed by atoms with E-state index in [1.54, 1.807) is 0 Å². The predicted molar refractivity (Wildman–Crippen MR) is 64.9 cm³/mol. The van der Waals surface area contributed by atoms with E-state index in [9.17, 15) is 0 Å². The van der Waals surface area contributed by atoms with E-state index >= 15 is 0 Å². The number of rotatable bonds is 6. The normalized spacial score (nSPS) is 22.5. The van der Waals surface area contributed by atoms with Gasteiger partial charge in [0.2, 0.25) is 0 Å². The van der Waals surface area contributed by atoms with Gasteiger partial charge in [0.15, 0.2) is 0 Å². The fraction of sp³-hybridized carbons (Fsp3) is 1.00. The summed E-state index contributed by atoms with van der Waals surface area (Å²) in [5.74, 6) is 1.81. The lowest BCUT2D eigenvalue weighted by Crippen LogP contribution is -2.30. The van der Waals surface area contributed by atoms with E-state index < -0.39 is 0 Å². The SMILES string of the molecule is CCCCC(CC)(CCl)C1CCCC1. The monoisotopic (exact) mass is 216 g/mol. The third kappa shape index (κ3) is 2.66. The average Bonchev–Trinajstić information content (AvgIpc) is 2.74. The summed E-state index contributed by atoms with van der Waals surface area (Å²) in [5, 5.41) is 0. The molecule has 0 aromatic heterocycles. The Morgan fingerprint density at radius 1 is 1.21 bits per heavy atom. The largest absolute Gasteiger partial charge is 0.126 e. The molecule has 84 valence electrons. The Balaban J connectivity index is 2.57. The zero-order valence-electron chi connectivity index (χ0n) is 9.82. The van der Waals surface area contributed by atoms with Crippen molar-refractivity contribution < 1.29 is 0 Å². The number of alkyl halides is 1. The maximum absolute atomic E-state index is 6.24. The van der Waals surface area contributed by atoms with Crippen LogP contribution in [-0.2, 0) is 0 Å². The highest BCUT2D eigenvalue weighted by Crippen LogP contribution is 2.46. The predicted octanol–water partition coefficient (Wildman–Crippen LogP) is 5.00. The van der Waals surface area contributed by atoms with E-state index in [1.807, 2.05) is 0 Å². The molecule has 1 fully saturated rings. The summed E-state index contributed by atoms with van der Waals surface area (Å²) in [6, 6.07) is 0. The van der Waals surface area contributed by atoms with Gasteiger partial charge in [-0.15, -0.1) is 11.6 Å². The van der Waals surface area contributed by atoms with Gasteiger partial charge >= 0.3 is 0 Å². The molecule has 14 heavy (non-hydrogen) atoms. The summed E-state index contributed by atoms with van der Waals surface area (Å²) in [6.45, 7) is 4.61. The highest BCUT2D eigenvalue weighted by atomic mass is 35.5. The Labute approximate surface area is 94.4 Å². The molecule has 0 aromatic carbocycles. The Kier molecular flexibility index (Phi) is 5.30. The van der Waals surface area contributed by atoms with Gasteiger partial charge in [0.25, 0.3) is 0 Å². The second kappa shape index (κ2) is 6.00. The fourth-order valence-electron chi connectivity index (χ4n) is 3.01. The molecule has 1 unspecified atom stereocenters. The van der Waals surface area contributed by atoms with Crippen molar-refractivity contribution in [3.8, 4) is 0 Å². The Hall–Kier alpha value is 0.290. The summed E-state index contributed by atoms with van der Waals surface area (Å²) >= 11 is 6.24.